The van der Waals surface area contributed by atoms with Crippen LogP contribution in [0.25, 0.3) is 0 Å². The summed E-state index contributed by atoms with van der Waals surface area (Å²) in [6.07, 6.45) is -1.39. The Bertz CT molecular complexity index is 399. The van der Waals surface area contributed by atoms with E-state index in [0.717, 1.165) is 4.91 Å². The molecule has 118 valence electrons. The summed E-state index contributed by atoms with van der Waals surface area (Å²) >= 11 is 1.41. The number of aliphatic hydroxyl groups excluding tert-OH is 1. The number of allylic oxidation sites excluding steroid dienone is 1. The molecule has 0 aromatic heterocycles. The fourth-order valence-electron chi connectivity index (χ4n) is 1.99. The molecule has 0 aliphatic carbocycles. The molecule has 0 aromatic carbocycles. The third kappa shape index (κ3) is 4.84. The number of rotatable bonds is 5. The monoisotopic (exact) mass is 325 g/mol. The second-order valence-electron chi connectivity index (χ2n) is 5.02. The highest BCUT2D eigenvalue weighted by Crippen LogP contribution is 2.54. The van der Waals surface area contributed by atoms with Gasteiger partial charge in [-0.15, -0.1) is 11.8 Å². The number of hydrogen-bond acceptors (Lipinski definition) is 6. The van der Waals surface area contributed by atoms with Crippen molar-refractivity contribution in [2.75, 3.05) is 25.4 Å². The van der Waals surface area contributed by atoms with Crippen molar-refractivity contribution in [1.82, 2.24) is 5.32 Å². The SMILES string of the molecule is CCOP(=O)(O)/C1=C(\C(C)C)SC[C@@H](C(O)O)CNC1. The molecule has 0 saturated carbocycles. The van der Waals surface area contributed by atoms with Crippen LogP contribution in [-0.2, 0) is 9.09 Å². The predicted octanol–water partition coefficient (Wildman–Crippen LogP) is 1.34. The highest BCUT2D eigenvalue weighted by molar-refractivity contribution is 8.03. The van der Waals surface area contributed by atoms with Crippen molar-refractivity contribution in [3.05, 3.63) is 10.2 Å². The van der Waals surface area contributed by atoms with Crippen molar-refractivity contribution < 1.29 is 24.2 Å². The Morgan fingerprint density at radius 1 is 1.50 bits per heavy atom. The minimum atomic E-state index is -3.80. The van der Waals surface area contributed by atoms with Crippen LogP contribution in [0.4, 0.5) is 0 Å². The first kappa shape index (κ1) is 18.2. The molecule has 6 nitrogen and oxygen atoms in total. The van der Waals surface area contributed by atoms with Gasteiger partial charge < -0.3 is 24.9 Å². The Morgan fingerprint density at radius 2 is 2.15 bits per heavy atom. The summed E-state index contributed by atoms with van der Waals surface area (Å²) in [4.78, 5) is 10.9. The molecule has 1 heterocycles. The van der Waals surface area contributed by atoms with Gasteiger partial charge in [0.2, 0.25) is 0 Å². The third-order valence-corrected chi connectivity index (χ3v) is 6.49. The normalized spacial score (nSPS) is 28.3. The van der Waals surface area contributed by atoms with E-state index < -0.39 is 13.9 Å². The van der Waals surface area contributed by atoms with Crippen molar-refractivity contribution in [3.8, 4) is 0 Å². The van der Waals surface area contributed by atoms with Gasteiger partial charge in [-0.25, -0.2) is 0 Å². The third-order valence-electron chi connectivity index (χ3n) is 3.03. The van der Waals surface area contributed by atoms with Gasteiger partial charge in [0.25, 0.3) is 0 Å². The fraction of sp³-hybridized carbons (Fsp3) is 0.833. The predicted molar refractivity (Wildman–Crippen MR) is 80.4 cm³/mol. The topological polar surface area (TPSA) is 99.0 Å². The van der Waals surface area contributed by atoms with Crippen LogP contribution in [0.3, 0.4) is 0 Å². The van der Waals surface area contributed by atoms with Crippen molar-refractivity contribution in [3.63, 3.8) is 0 Å². The molecule has 2 atom stereocenters. The molecule has 0 spiro atoms. The quantitative estimate of drug-likeness (QED) is 0.447. The first-order valence-electron chi connectivity index (χ1n) is 6.70. The second kappa shape index (κ2) is 7.94. The van der Waals surface area contributed by atoms with Crippen LogP contribution < -0.4 is 5.32 Å². The van der Waals surface area contributed by atoms with E-state index in [0.29, 0.717) is 17.6 Å². The maximum absolute atomic E-state index is 12.3. The van der Waals surface area contributed by atoms with Gasteiger partial charge in [-0.3, -0.25) is 4.57 Å². The molecule has 0 radical (unpaired) electrons. The summed E-state index contributed by atoms with van der Waals surface area (Å²) in [7, 11) is -3.80. The molecule has 0 fully saturated rings. The van der Waals surface area contributed by atoms with Gasteiger partial charge in [-0.2, -0.15) is 0 Å². The molecule has 0 aromatic rings. The van der Waals surface area contributed by atoms with E-state index >= 15 is 0 Å². The van der Waals surface area contributed by atoms with Crippen LogP contribution in [0, 0.1) is 11.8 Å². The molecule has 1 aliphatic heterocycles. The minimum Gasteiger partial charge on any atom is -0.368 e. The first-order chi connectivity index (χ1) is 9.29. The zero-order valence-electron chi connectivity index (χ0n) is 12.1. The molecule has 1 rings (SSSR count). The van der Waals surface area contributed by atoms with Crippen LogP contribution >= 0.6 is 19.4 Å². The summed E-state index contributed by atoms with van der Waals surface area (Å²) < 4.78 is 17.3. The van der Waals surface area contributed by atoms with Gasteiger partial charge in [0.15, 0.2) is 6.29 Å². The van der Waals surface area contributed by atoms with E-state index in [1.807, 2.05) is 13.8 Å². The van der Waals surface area contributed by atoms with E-state index in [4.69, 9.17) is 4.52 Å². The summed E-state index contributed by atoms with van der Waals surface area (Å²) in [6, 6.07) is 0. The maximum Gasteiger partial charge on any atom is 0.356 e. The van der Waals surface area contributed by atoms with E-state index in [9.17, 15) is 19.7 Å². The number of aliphatic hydroxyl groups is 2. The lowest BCUT2D eigenvalue weighted by atomic mass is 10.1. The fourth-order valence-corrected chi connectivity index (χ4v) is 5.14. The van der Waals surface area contributed by atoms with E-state index in [-0.39, 0.29) is 25.0 Å². The molecule has 0 bridgehead atoms. The smallest absolute Gasteiger partial charge is 0.356 e. The van der Waals surface area contributed by atoms with Crippen molar-refractivity contribution in [2.45, 2.75) is 27.1 Å². The molecule has 0 amide bonds. The number of thioether (sulfide) groups is 1. The summed E-state index contributed by atoms with van der Waals surface area (Å²) in [5.41, 5.74) is 0. The molecule has 1 unspecified atom stereocenters. The van der Waals surface area contributed by atoms with Crippen LogP contribution in [-0.4, -0.2) is 46.8 Å². The Morgan fingerprint density at radius 3 is 2.65 bits per heavy atom. The van der Waals surface area contributed by atoms with E-state index in [2.05, 4.69) is 5.32 Å². The summed E-state index contributed by atoms with van der Waals surface area (Å²) in [5.74, 6) is 0.251. The lowest BCUT2D eigenvalue weighted by molar-refractivity contribution is -0.0759. The largest absolute Gasteiger partial charge is 0.368 e. The van der Waals surface area contributed by atoms with E-state index in [1.165, 1.54) is 11.8 Å². The van der Waals surface area contributed by atoms with Crippen LogP contribution in [0.2, 0.25) is 0 Å². The zero-order chi connectivity index (χ0) is 15.3. The van der Waals surface area contributed by atoms with Crippen molar-refractivity contribution in [1.29, 1.82) is 0 Å². The van der Waals surface area contributed by atoms with Crippen molar-refractivity contribution in [2.24, 2.45) is 11.8 Å². The van der Waals surface area contributed by atoms with Gasteiger partial charge in [-0.05, 0) is 17.7 Å². The number of nitrogens with one attached hydrogen (secondary N) is 1. The van der Waals surface area contributed by atoms with Gasteiger partial charge >= 0.3 is 7.60 Å². The summed E-state index contributed by atoms with van der Waals surface area (Å²) in [6.45, 7) is 6.34. The standard InChI is InChI=1S/C12H24NO5PS/c1-4-18-19(16,17)10-6-13-5-9(12(14)15)7-20-11(10)8(2)3/h8-9,12-15H,4-7H2,1-3H3,(H,16,17)/b11-10+/t9-/m0/s1. The zero-order valence-corrected chi connectivity index (χ0v) is 13.8. The van der Waals surface area contributed by atoms with Crippen LogP contribution in [0.1, 0.15) is 20.8 Å². The van der Waals surface area contributed by atoms with Gasteiger partial charge in [0.1, 0.15) is 0 Å². The molecule has 20 heavy (non-hydrogen) atoms. The van der Waals surface area contributed by atoms with Gasteiger partial charge in [0.05, 0.1) is 11.9 Å². The molecule has 8 heteroatoms. The summed E-state index contributed by atoms with van der Waals surface area (Å²) in [5, 5.41) is 22.0. The van der Waals surface area contributed by atoms with Crippen molar-refractivity contribution >= 4 is 19.4 Å². The highest BCUT2D eigenvalue weighted by Gasteiger charge is 2.32. The average molecular weight is 325 g/mol. The van der Waals surface area contributed by atoms with Gasteiger partial charge in [-0.1, -0.05) is 13.8 Å². The molecule has 0 saturated heterocycles. The van der Waals surface area contributed by atoms with E-state index in [1.54, 1.807) is 6.92 Å². The molecular formula is C12H24NO5PS. The van der Waals surface area contributed by atoms with Crippen LogP contribution in [0.15, 0.2) is 10.2 Å². The Labute approximate surface area is 124 Å². The average Bonchev–Trinajstić information content (AvgIpc) is 2.26. The Balaban J connectivity index is 3.05. The minimum absolute atomic E-state index is 0.0762. The number of hydrogen-bond donors (Lipinski definition) is 4. The molecule has 1 aliphatic rings. The lowest BCUT2D eigenvalue weighted by Gasteiger charge is -2.28. The Hall–Kier alpha value is 0.120. The highest BCUT2D eigenvalue weighted by atomic mass is 32.2. The molecular weight excluding hydrogens is 301 g/mol. The lowest BCUT2D eigenvalue weighted by Crippen LogP contribution is -2.35. The van der Waals surface area contributed by atoms with Crippen LogP contribution in [0.5, 0.6) is 0 Å². The first-order valence-corrected chi connectivity index (χ1v) is 9.26. The molecule has 4 N–H and O–H groups in total. The maximum atomic E-state index is 12.3. The second-order valence-corrected chi connectivity index (χ2v) is 7.92. The van der Waals surface area contributed by atoms with Gasteiger partial charge in [0, 0.05) is 24.8 Å². The Kier molecular flexibility index (Phi) is 7.21.